The number of nitrogens with zero attached hydrogens (tertiary/aromatic N) is 2. The molecule has 1 aromatic rings. The van der Waals surface area contributed by atoms with E-state index in [0.717, 1.165) is 18.7 Å². The summed E-state index contributed by atoms with van der Waals surface area (Å²) in [6.07, 6.45) is 6.21. The standard InChI is InChI=1S/C12H17N3S/c1-16-8-3-2-6-14-10-11-5-4-7-15-12(11)9-13/h4-5,7,14H,2-3,6,8,10H2,1H3. The van der Waals surface area contributed by atoms with E-state index in [1.807, 2.05) is 23.9 Å². The number of pyridine rings is 1. The molecule has 0 amide bonds. The van der Waals surface area contributed by atoms with Crippen molar-refractivity contribution in [1.29, 1.82) is 5.26 Å². The van der Waals surface area contributed by atoms with Crippen molar-refractivity contribution in [3.63, 3.8) is 0 Å². The molecule has 1 heterocycles. The van der Waals surface area contributed by atoms with Gasteiger partial charge in [-0.25, -0.2) is 4.98 Å². The fraction of sp³-hybridized carbons (Fsp3) is 0.500. The van der Waals surface area contributed by atoms with Gasteiger partial charge in [-0.05, 0) is 37.5 Å². The van der Waals surface area contributed by atoms with Crippen LogP contribution in [0.25, 0.3) is 0 Å². The van der Waals surface area contributed by atoms with Gasteiger partial charge in [-0.15, -0.1) is 0 Å². The highest BCUT2D eigenvalue weighted by Crippen LogP contribution is 2.03. The van der Waals surface area contributed by atoms with Crippen LogP contribution >= 0.6 is 11.8 Å². The Balaban J connectivity index is 2.24. The number of aromatic nitrogens is 1. The van der Waals surface area contributed by atoms with Crippen molar-refractivity contribution in [3.05, 3.63) is 29.6 Å². The molecule has 0 unspecified atom stereocenters. The molecule has 0 radical (unpaired) electrons. The molecule has 0 fully saturated rings. The average molecular weight is 235 g/mol. The summed E-state index contributed by atoms with van der Waals surface area (Å²) in [4.78, 5) is 4.02. The van der Waals surface area contributed by atoms with Crippen molar-refractivity contribution in [2.45, 2.75) is 19.4 Å². The minimum absolute atomic E-state index is 0.527. The lowest BCUT2D eigenvalue weighted by Crippen LogP contribution is -2.16. The van der Waals surface area contributed by atoms with Crippen LogP contribution in [0.15, 0.2) is 18.3 Å². The first-order valence-electron chi connectivity index (χ1n) is 5.42. The van der Waals surface area contributed by atoms with E-state index in [4.69, 9.17) is 5.26 Å². The Morgan fingerprint density at radius 1 is 1.50 bits per heavy atom. The quantitative estimate of drug-likeness (QED) is 0.736. The van der Waals surface area contributed by atoms with Gasteiger partial charge in [0.1, 0.15) is 11.8 Å². The molecule has 16 heavy (non-hydrogen) atoms. The average Bonchev–Trinajstić information content (AvgIpc) is 2.34. The fourth-order valence-corrected chi connectivity index (χ4v) is 1.89. The van der Waals surface area contributed by atoms with E-state index in [1.165, 1.54) is 18.6 Å². The zero-order chi connectivity index (χ0) is 11.6. The molecule has 0 spiro atoms. The second-order valence-corrected chi connectivity index (χ2v) is 4.49. The third-order valence-electron chi connectivity index (χ3n) is 2.26. The third-order valence-corrected chi connectivity index (χ3v) is 2.96. The summed E-state index contributed by atoms with van der Waals surface area (Å²) in [6, 6.07) is 5.91. The smallest absolute Gasteiger partial charge is 0.144 e. The number of rotatable bonds is 7. The Morgan fingerprint density at radius 2 is 2.38 bits per heavy atom. The number of nitriles is 1. The van der Waals surface area contributed by atoms with Crippen molar-refractivity contribution in [2.24, 2.45) is 0 Å². The molecule has 0 aliphatic heterocycles. The van der Waals surface area contributed by atoms with Gasteiger partial charge in [0, 0.05) is 18.3 Å². The van der Waals surface area contributed by atoms with Crippen LogP contribution in [0.3, 0.4) is 0 Å². The predicted molar refractivity (Wildman–Crippen MR) is 68.3 cm³/mol. The Morgan fingerprint density at radius 3 is 3.12 bits per heavy atom. The lowest BCUT2D eigenvalue weighted by molar-refractivity contribution is 0.642. The van der Waals surface area contributed by atoms with Crippen molar-refractivity contribution in [2.75, 3.05) is 18.6 Å². The SMILES string of the molecule is CSCCCCNCc1cccnc1C#N. The topological polar surface area (TPSA) is 48.7 Å². The third kappa shape index (κ3) is 4.65. The zero-order valence-corrected chi connectivity index (χ0v) is 10.4. The molecular weight excluding hydrogens is 218 g/mol. The van der Waals surface area contributed by atoms with E-state index in [9.17, 15) is 0 Å². The van der Waals surface area contributed by atoms with Crippen molar-refractivity contribution >= 4 is 11.8 Å². The first-order valence-corrected chi connectivity index (χ1v) is 6.81. The lowest BCUT2D eigenvalue weighted by Gasteiger charge is -2.05. The van der Waals surface area contributed by atoms with Crippen LogP contribution in [0.1, 0.15) is 24.1 Å². The molecule has 0 saturated heterocycles. The summed E-state index contributed by atoms with van der Waals surface area (Å²) in [5, 5.41) is 12.2. The Hall–Kier alpha value is -1.05. The molecular formula is C12H17N3S. The number of hydrogen-bond donors (Lipinski definition) is 1. The maximum Gasteiger partial charge on any atom is 0.144 e. The molecule has 4 heteroatoms. The molecule has 3 nitrogen and oxygen atoms in total. The first kappa shape index (κ1) is 13.0. The van der Waals surface area contributed by atoms with E-state index < -0.39 is 0 Å². The molecule has 0 aliphatic rings. The van der Waals surface area contributed by atoms with Gasteiger partial charge < -0.3 is 5.32 Å². The molecule has 1 aromatic heterocycles. The van der Waals surface area contributed by atoms with E-state index >= 15 is 0 Å². The molecule has 1 N–H and O–H groups in total. The minimum Gasteiger partial charge on any atom is -0.313 e. The van der Waals surface area contributed by atoms with Gasteiger partial charge in [0.2, 0.25) is 0 Å². The Bertz CT molecular complexity index is 346. The van der Waals surface area contributed by atoms with Crippen LogP contribution < -0.4 is 5.32 Å². The van der Waals surface area contributed by atoms with Crippen molar-refractivity contribution in [3.8, 4) is 6.07 Å². The Labute approximate surface area is 101 Å². The molecule has 0 atom stereocenters. The molecule has 1 rings (SSSR count). The van der Waals surface area contributed by atoms with Crippen LogP contribution in [0.4, 0.5) is 0 Å². The summed E-state index contributed by atoms with van der Waals surface area (Å²) in [5.74, 6) is 1.22. The molecule has 0 aromatic carbocycles. The van der Waals surface area contributed by atoms with Gasteiger partial charge in [0.25, 0.3) is 0 Å². The summed E-state index contributed by atoms with van der Waals surface area (Å²) >= 11 is 1.88. The van der Waals surface area contributed by atoms with Gasteiger partial charge in [-0.2, -0.15) is 17.0 Å². The predicted octanol–water partition coefficient (Wildman–Crippen LogP) is 2.19. The van der Waals surface area contributed by atoms with Crippen molar-refractivity contribution in [1.82, 2.24) is 10.3 Å². The van der Waals surface area contributed by atoms with Gasteiger partial charge >= 0.3 is 0 Å². The number of hydrogen-bond acceptors (Lipinski definition) is 4. The number of unbranched alkanes of at least 4 members (excludes halogenated alkanes) is 1. The van der Waals surface area contributed by atoms with E-state index in [2.05, 4.69) is 22.6 Å². The van der Waals surface area contributed by atoms with Gasteiger partial charge in [0.05, 0.1) is 0 Å². The molecule has 0 saturated carbocycles. The summed E-state index contributed by atoms with van der Waals surface area (Å²) in [5.41, 5.74) is 1.51. The molecule has 0 bridgehead atoms. The van der Waals surface area contributed by atoms with E-state index in [0.29, 0.717) is 5.69 Å². The number of nitrogens with one attached hydrogen (secondary N) is 1. The van der Waals surface area contributed by atoms with Gasteiger partial charge in [-0.1, -0.05) is 6.07 Å². The van der Waals surface area contributed by atoms with E-state index in [-0.39, 0.29) is 0 Å². The van der Waals surface area contributed by atoms with E-state index in [1.54, 1.807) is 6.20 Å². The maximum absolute atomic E-state index is 8.85. The normalized spacial score (nSPS) is 10.0. The van der Waals surface area contributed by atoms with Gasteiger partial charge in [0.15, 0.2) is 0 Å². The Kier molecular flexibility index (Phi) is 6.62. The van der Waals surface area contributed by atoms with Crippen LogP contribution in [-0.4, -0.2) is 23.5 Å². The fourth-order valence-electron chi connectivity index (χ4n) is 1.40. The first-order chi connectivity index (χ1) is 7.88. The molecule has 86 valence electrons. The highest BCUT2D eigenvalue weighted by atomic mass is 32.2. The lowest BCUT2D eigenvalue weighted by atomic mass is 10.2. The summed E-state index contributed by atoms with van der Waals surface area (Å²) in [7, 11) is 0. The second kappa shape index (κ2) is 8.14. The molecule has 0 aliphatic carbocycles. The second-order valence-electron chi connectivity index (χ2n) is 3.50. The maximum atomic E-state index is 8.85. The number of thioether (sulfide) groups is 1. The monoisotopic (exact) mass is 235 g/mol. The van der Waals surface area contributed by atoms with Crippen LogP contribution in [0, 0.1) is 11.3 Å². The van der Waals surface area contributed by atoms with Crippen LogP contribution in [0.5, 0.6) is 0 Å². The van der Waals surface area contributed by atoms with Gasteiger partial charge in [-0.3, -0.25) is 0 Å². The minimum atomic E-state index is 0.527. The highest BCUT2D eigenvalue weighted by molar-refractivity contribution is 7.98. The largest absolute Gasteiger partial charge is 0.313 e. The van der Waals surface area contributed by atoms with Crippen LogP contribution in [0.2, 0.25) is 0 Å². The van der Waals surface area contributed by atoms with Crippen molar-refractivity contribution < 1.29 is 0 Å². The van der Waals surface area contributed by atoms with Crippen LogP contribution in [-0.2, 0) is 6.54 Å². The summed E-state index contributed by atoms with van der Waals surface area (Å²) in [6.45, 7) is 1.73. The highest BCUT2D eigenvalue weighted by Gasteiger charge is 2.00. The summed E-state index contributed by atoms with van der Waals surface area (Å²) < 4.78 is 0. The zero-order valence-electron chi connectivity index (χ0n) is 9.57.